The lowest BCUT2D eigenvalue weighted by molar-refractivity contribution is 0.139. The average Bonchev–Trinajstić information content (AvgIpc) is 2.54. The van der Waals surface area contributed by atoms with Crippen LogP contribution in [-0.2, 0) is 6.42 Å². The summed E-state index contributed by atoms with van der Waals surface area (Å²) in [6.45, 7) is 4.24. The monoisotopic (exact) mass is 336 g/mol. The van der Waals surface area contributed by atoms with Gasteiger partial charge in [-0.25, -0.2) is 0 Å². The summed E-state index contributed by atoms with van der Waals surface area (Å²) in [5.41, 5.74) is 3.23. The Labute approximate surface area is 142 Å². The smallest absolute Gasteiger partial charge is 0.0858 e. The van der Waals surface area contributed by atoms with Crippen LogP contribution in [0.15, 0.2) is 42.5 Å². The molecule has 0 heterocycles. The number of rotatable bonds is 6. The van der Waals surface area contributed by atoms with Crippen LogP contribution in [0.25, 0.3) is 0 Å². The molecule has 2 aromatic rings. The second-order valence-corrected chi connectivity index (χ2v) is 6.43. The van der Waals surface area contributed by atoms with Crippen molar-refractivity contribution in [3.8, 4) is 0 Å². The Morgan fingerprint density at radius 3 is 2.36 bits per heavy atom. The fraction of sp³-hybridized carbons (Fsp3) is 0.368. The van der Waals surface area contributed by atoms with Gasteiger partial charge in [-0.1, -0.05) is 73.8 Å². The third-order valence-corrected chi connectivity index (χ3v) is 4.79. The van der Waals surface area contributed by atoms with Crippen LogP contribution in [0.1, 0.15) is 55.4 Å². The van der Waals surface area contributed by atoms with E-state index in [2.05, 4.69) is 26.0 Å². The first kappa shape index (κ1) is 17.3. The molecule has 0 aliphatic heterocycles. The molecule has 2 aromatic carbocycles. The van der Waals surface area contributed by atoms with Gasteiger partial charge in [0.05, 0.1) is 16.1 Å². The molecular weight excluding hydrogens is 315 g/mol. The molecule has 118 valence electrons. The fourth-order valence-corrected chi connectivity index (χ4v) is 3.10. The largest absolute Gasteiger partial charge is 0.388 e. The quantitative estimate of drug-likeness (QED) is 0.668. The van der Waals surface area contributed by atoms with E-state index in [1.54, 1.807) is 6.07 Å². The van der Waals surface area contributed by atoms with Crippen LogP contribution in [0.4, 0.5) is 0 Å². The first-order valence-corrected chi connectivity index (χ1v) is 8.54. The second kappa shape index (κ2) is 8.01. The maximum atomic E-state index is 10.9. The standard InChI is InChI=1S/C19H22Cl2O/c1-3-6-16(14-9-10-17(20)18(21)12-14)19(22)15-8-5-7-13(4-2)11-15/h5,7-12,16,19,22H,3-4,6H2,1-2H3/t16-,19-/m1/s1. The van der Waals surface area contributed by atoms with Crippen LogP contribution < -0.4 is 0 Å². The van der Waals surface area contributed by atoms with Crippen molar-refractivity contribution in [3.05, 3.63) is 69.2 Å². The van der Waals surface area contributed by atoms with E-state index in [1.165, 1.54) is 5.56 Å². The number of aliphatic hydroxyl groups is 1. The number of hydrogen-bond acceptors (Lipinski definition) is 1. The van der Waals surface area contributed by atoms with Gasteiger partial charge in [0.15, 0.2) is 0 Å². The summed E-state index contributed by atoms with van der Waals surface area (Å²) in [5, 5.41) is 12.0. The fourth-order valence-electron chi connectivity index (χ4n) is 2.79. The van der Waals surface area contributed by atoms with Gasteiger partial charge in [0, 0.05) is 5.92 Å². The third-order valence-electron chi connectivity index (χ3n) is 4.05. The molecule has 3 heteroatoms. The van der Waals surface area contributed by atoms with Crippen molar-refractivity contribution in [2.75, 3.05) is 0 Å². The predicted molar refractivity (Wildman–Crippen MR) is 94.9 cm³/mol. The van der Waals surface area contributed by atoms with Gasteiger partial charge >= 0.3 is 0 Å². The number of hydrogen-bond donors (Lipinski definition) is 1. The first-order chi connectivity index (χ1) is 10.6. The van der Waals surface area contributed by atoms with Gasteiger partial charge in [0.2, 0.25) is 0 Å². The molecule has 0 radical (unpaired) electrons. The first-order valence-electron chi connectivity index (χ1n) is 7.78. The molecule has 22 heavy (non-hydrogen) atoms. The van der Waals surface area contributed by atoms with Crippen LogP contribution in [0.3, 0.4) is 0 Å². The van der Waals surface area contributed by atoms with E-state index in [4.69, 9.17) is 23.2 Å². The van der Waals surface area contributed by atoms with E-state index in [-0.39, 0.29) is 5.92 Å². The Kier molecular flexibility index (Phi) is 6.31. The SMILES string of the molecule is CCC[C@H](c1ccc(Cl)c(Cl)c1)[C@H](O)c1cccc(CC)c1. The minimum Gasteiger partial charge on any atom is -0.388 e. The zero-order chi connectivity index (χ0) is 16.1. The Bertz CT molecular complexity index is 625. The van der Waals surface area contributed by atoms with E-state index in [0.29, 0.717) is 10.0 Å². The lowest BCUT2D eigenvalue weighted by Crippen LogP contribution is -2.11. The van der Waals surface area contributed by atoms with Crippen LogP contribution in [0, 0.1) is 0 Å². The van der Waals surface area contributed by atoms with Crippen molar-refractivity contribution in [2.24, 2.45) is 0 Å². The normalized spacial score (nSPS) is 13.9. The van der Waals surface area contributed by atoms with Gasteiger partial charge in [0.1, 0.15) is 0 Å². The highest BCUT2D eigenvalue weighted by molar-refractivity contribution is 6.42. The van der Waals surface area contributed by atoms with Crippen LogP contribution in [-0.4, -0.2) is 5.11 Å². The molecule has 0 saturated carbocycles. The Morgan fingerprint density at radius 2 is 1.73 bits per heavy atom. The molecule has 0 spiro atoms. The van der Waals surface area contributed by atoms with Gasteiger partial charge in [-0.2, -0.15) is 0 Å². The third kappa shape index (κ3) is 4.04. The van der Waals surface area contributed by atoms with Gasteiger partial charge in [0.25, 0.3) is 0 Å². The predicted octanol–water partition coefficient (Wildman–Crippen LogP) is 6.17. The molecule has 0 unspecified atom stereocenters. The van der Waals surface area contributed by atoms with E-state index in [9.17, 15) is 5.11 Å². The summed E-state index contributed by atoms with van der Waals surface area (Å²) in [7, 11) is 0. The summed E-state index contributed by atoms with van der Waals surface area (Å²) < 4.78 is 0. The summed E-state index contributed by atoms with van der Waals surface area (Å²) in [4.78, 5) is 0. The summed E-state index contributed by atoms with van der Waals surface area (Å²) in [6.07, 6.45) is 2.32. The minimum absolute atomic E-state index is 0.0203. The molecule has 1 nitrogen and oxygen atoms in total. The van der Waals surface area contributed by atoms with E-state index >= 15 is 0 Å². The molecule has 0 saturated heterocycles. The average molecular weight is 337 g/mol. The van der Waals surface area contributed by atoms with E-state index in [0.717, 1.165) is 30.4 Å². The van der Waals surface area contributed by atoms with Gasteiger partial charge in [-0.3, -0.25) is 0 Å². The molecular formula is C19H22Cl2O. The summed E-state index contributed by atoms with van der Waals surface area (Å²) >= 11 is 12.1. The molecule has 0 aliphatic carbocycles. The van der Waals surface area contributed by atoms with Crippen molar-refractivity contribution >= 4 is 23.2 Å². The van der Waals surface area contributed by atoms with Gasteiger partial charge in [-0.05, 0) is 41.7 Å². The van der Waals surface area contributed by atoms with Crippen molar-refractivity contribution in [1.29, 1.82) is 0 Å². The highest BCUT2D eigenvalue weighted by Crippen LogP contribution is 2.37. The number of aryl methyl sites for hydroxylation is 1. The minimum atomic E-state index is -0.538. The van der Waals surface area contributed by atoms with Crippen molar-refractivity contribution in [1.82, 2.24) is 0 Å². The molecule has 2 atom stereocenters. The van der Waals surface area contributed by atoms with Crippen molar-refractivity contribution in [3.63, 3.8) is 0 Å². The number of halogens is 2. The second-order valence-electron chi connectivity index (χ2n) is 5.61. The summed E-state index contributed by atoms with van der Waals surface area (Å²) in [5.74, 6) is 0.0203. The molecule has 0 aromatic heterocycles. The molecule has 0 aliphatic rings. The number of benzene rings is 2. The van der Waals surface area contributed by atoms with Gasteiger partial charge in [-0.15, -0.1) is 0 Å². The Balaban J connectivity index is 2.35. The molecule has 0 amide bonds. The van der Waals surface area contributed by atoms with Crippen LogP contribution in [0.5, 0.6) is 0 Å². The zero-order valence-corrected chi connectivity index (χ0v) is 14.5. The number of aliphatic hydroxyl groups excluding tert-OH is 1. The lowest BCUT2D eigenvalue weighted by atomic mass is 9.85. The molecule has 0 bridgehead atoms. The maximum absolute atomic E-state index is 10.9. The van der Waals surface area contributed by atoms with Crippen LogP contribution >= 0.6 is 23.2 Å². The Hall–Kier alpha value is -1.02. The van der Waals surface area contributed by atoms with Crippen molar-refractivity contribution < 1.29 is 5.11 Å². The molecule has 1 N–H and O–H groups in total. The maximum Gasteiger partial charge on any atom is 0.0858 e. The van der Waals surface area contributed by atoms with Crippen LogP contribution in [0.2, 0.25) is 10.0 Å². The van der Waals surface area contributed by atoms with Crippen molar-refractivity contribution in [2.45, 2.75) is 45.1 Å². The van der Waals surface area contributed by atoms with E-state index < -0.39 is 6.10 Å². The Morgan fingerprint density at radius 1 is 0.955 bits per heavy atom. The molecule has 2 rings (SSSR count). The zero-order valence-electron chi connectivity index (χ0n) is 13.0. The molecule has 0 fully saturated rings. The highest BCUT2D eigenvalue weighted by atomic mass is 35.5. The topological polar surface area (TPSA) is 20.2 Å². The van der Waals surface area contributed by atoms with E-state index in [1.807, 2.05) is 24.3 Å². The lowest BCUT2D eigenvalue weighted by Gasteiger charge is -2.24. The van der Waals surface area contributed by atoms with Gasteiger partial charge < -0.3 is 5.11 Å². The summed E-state index contributed by atoms with van der Waals surface area (Å²) in [6, 6.07) is 13.8. The highest BCUT2D eigenvalue weighted by Gasteiger charge is 2.23.